The zero-order chi connectivity index (χ0) is 13.6. The summed E-state index contributed by atoms with van der Waals surface area (Å²) in [5.74, 6) is 0. The predicted molar refractivity (Wildman–Crippen MR) is 78.2 cm³/mol. The Kier molecular flexibility index (Phi) is 3.48. The summed E-state index contributed by atoms with van der Waals surface area (Å²) in [7, 11) is 0. The minimum absolute atomic E-state index is 0.502. The lowest BCUT2D eigenvalue weighted by Crippen LogP contribution is -2.49. The number of halogens is 1. The van der Waals surface area contributed by atoms with E-state index in [0.717, 1.165) is 35.2 Å². The van der Waals surface area contributed by atoms with Crippen LogP contribution in [-0.2, 0) is 13.0 Å². The maximum Gasteiger partial charge on any atom is 0.0738 e. The summed E-state index contributed by atoms with van der Waals surface area (Å²) in [5.41, 5.74) is 1.58. The van der Waals surface area contributed by atoms with Gasteiger partial charge in [-0.05, 0) is 55.5 Å². The van der Waals surface area contributed by atoms with Crippen molar-refractivity contribution in [1.82, 2.24) is 15.1 Å². The highest BCUT2D eigenvalue weighted by Gasteiger charge is 2.43. The summed E-state index contributed by atoms with van der Waals surface area (Å²) < 4.78 is 3.08. The number of nitrogens with zero attached hydrogens (tertiary/aromatic N) is 2. The van der Waals surface area contributed by atoms with E-state index in [1.165, 1.54) is 12.8 Å². The number of aliphatic hydroxyl groups is 1. The smallest absolute Gasteiger partial charge is 0.0738 e. The van der Waals surface area contributed by atoms with Crippen molar-refractivity contribution in [3.8, 4) is 0 Å². The summed E-state index contributed by atoms with van der Waals surface area (Å²) >= 11 is 3.63. The van der Waals surface area contributed by atoms with Gasteiger partial charge in [-0.3, -0.25) is 4.68 Å². The summed E-state index contributed by atoms with van der Waals surface area (Å²) in [4.78, 5) is 0. The molecule has 2 aliphatic rings. The van der Waals surface area contributed by atoms with Gasteiger partial charge >= 0.3 is 0 Å². The van der Waals surface area contributed by atoms with Crippen molar-refractivity contribution in [1.29, 1.82) is 0 Å². The van der Waals surface area contributed by atoms with E-state index in [-0.39, 0.29) is 0 Å². The molecule has 0 aliphatic carbocycles. The molecule has 2 atom stereocenters. The zero-order valence-corrected chi connectivity index (χ0v) is 13.2. The first kappa shape index (κ1) is 13.6. The molecule has 0 saturated carbocycles. The molecule has 0 aromatic carbocycles. The Morgan fingerprint density at radius 3 is 2.63 bits per heavy atom. The number of hydrogen-bond acceptors (Lipinski definition) is 3. The minimum Gasteiger partial charge on any atom is -0.389 e. The monoisotopic (exact) mass is 327 g/mol. The van der Waals surface area contributed by atoms with Gasteiger partial charge in [-0.2, -0.15) is 5.10 Å². The van der Waals surface area contributed by atoms with Gasteiger partial charge in [0.25, 0.3) is 0 Å². The van der Waals surface area contributed by atoms with E-state index in [2.05, 4.69) is 33.3 Å². The van der Waals surface area contributed by atoms with Gasteiger partial charge in [-0.25, -0.2) is 0 Å². The molecule has 0 spiro atoms. The maximum atomic E-state index is 11.0. The Labute approximate surface area is 122 Å². The average molecular weight is 328 g/mol. The average Bonchev–Trinajstić information content (AvgIpc) is 2.83. The first-order chi connectivity index (χ1) is 9.00. The van der Waals surface area contributed by atoms with Crippen molar-refractivity contribution in [2.75, 3.05) is 0 Å². The van der Waals surface area contributed by atoms with Crippen LogP contribution in [0, 0.1) is 6.92 Å². The first-order valence-corrected chi connectivity index (χ1v) is 8.00. The van der Waals surface area contributed by atoms with Gasteiger partial charge < -0.3 is 10.4 Å². The van der Waals surface area contributed by atoms with E-state index in [4.69, 9.17) is 0 Å². The van der Waals surface area contributed by atoms with Crippen LogP contribution in [0.1, 0.15) is 44.0 Å². The van der Waals surface area contributed by atoms with Gasteiger partial charge in [-0.15, -0.1) is 0 Å². The summed E-state index contributed by atoms with van der Waals surface area (Å²) in [5, 5.41) is 19.1. The predicted octanol–water partition coefficient (Wildman–Crippen LogP) is 2.16. The van der Waals surface area contributed by atoms with Crippen LogP contribution in [0.25, 0.3) is 0 Å². The molecule has 3 rings (SSSR count). The van der Waals surface area contributed by atoms with Crippen molar-refractivity contribution >= 4 is 15.9 Å². The van der Waals surface area contributed by atoms with Gasteiger partial charge in [0.1, 0.15) is 0 Å². The van der Waals surface area contributed by atoms with Crippen molar-refractivity contribution in [2.24, 2.45) is 0 Å². The lowest BCUT2D eigenvalue weighted by atomic mass is 9.83. The Morgan fingerprint density at radius 1 is 1.42 bits per heavy atom. The molecular formula is C14H22BrN3O. The van der Waals surface area contributed by atoms with Crippen molar-refractivity contribution < 1.29 is 5.11 Å². The third kappa shape index (κ3) is 2.48. The molecule has 2 bridgehead atoms. The highest BCUT2D eigenvalue weighted by atomic mass is 79.9. The van der Waals surface area contributed by atoms with Crippen LogP contribution in [0.15, 0.2) is 4.47 Å². The second-order valence-corrected chi connectivity index (χ2v) is 6.90. The Morgan fingerprint density at radius 2 is 2.05 bits per heavy atom. The summed E-state index contributed by atoms with van der Waals surface area (Å²) in [6.07, 6.45) is 4.85. The van der Waals surface area contributed by atoms with Crippen LogP contribution in [0.5, 0.6) is 0 Å². The third-order valence-corrected chi connectivity index (χ3v) is 5.57. The van der Waals surface area contributed by atoms with E-state index >= 15 is 0 Å². The van der Waals surface area contributed by atoms with Gasteiger partial charge in [-0.1, -0.05) is 0 Å². The molecule has 2 N–H and O–H groups in total. The van der Waals surface area contributed by atoms with Gasteiger partial charge in [0.15, 0.2) is 0 Å². The molecule has 2 unspecified atom stereocenters. The largest absolute Gasteiger partial charge is 0.389 e. The van der Waals surface area contributed by atoms with Crippen LogP contribution in [-0.4, -0.2) is 32.6 Å². The molecule has 106 valence electrons. The number of nitrogens with one attached hydrogen (secondary N) is 1. The number of aromatic nitrogens is 2. The van der Waals surface area contributed by atoms with Gasteiger partial charge in [0, 0.05) is 25.0 Å². The number of piperidine rings is 1. The molecular weight excluding hydrogens is 306 g/mol. The Bertz CT molecular complexity index is 473. The van der Waals surface area contributed by atoms with Crippen LogP contribution < -0.4 is 5.32 Å². The fraction of sp³-hybridized carbons (Fsp3) is 0.786. The standard InChI is InChI=1S/C14H22BrN3O/c1-3-18-12(13(15)9(2)17-18)8-14(19)6-10-4-5-11(7-14)16-10/h10-11,16,19H,3-8H2,1-2H3. The third-order valence-electron chi connectivity index (χ3n) is 4.54. The molecule has 19 heavy (non-hydrogen) atoms. The molecule has 4 nitrogen and oxygen atoms in total. The molecule has 1 aromatic heterocycles. The molecule has 1 aromatic rings. The lowest BCUT2D eigenvalue weighted by Gasteiger charge is -2.37. The fourth-order valence-corrected chi connectivity index (χ4v) is 4.14. The molecule has 2 fully saturated rings. The van der Waals surface area contributed by atoms with E-state index in [1.807, 2.05) is 11.6 Å². The molecule has 5 heteroatoms. The normalized spacial score (nSPS) is 33.9. The fourth-order valence-electron chi connectivity index (χ4n) is 3.72. The van der Waals surface area contributed by atoms with Crippen LogP contribution >= 0.6 is 15.9 Å². The second kappa shape index (κ2) is 4.86. The quantitative estimate of drug-likeness (QED) is 0.894. The maximum absolute atomic E-state index is 11.0. The number of aryl methyl sites for hydroxylation is 2. The van der Waals surface area contributed by atoms with Gasteiger partial charge in [0.2, 0.25) is 0 Å². The molecule has 0 amide bonds. The highest BCUT2D eigenvalue weighted by Crippen LogP contribution is 2.37. The van der Waals surface area contributed by atoms with E-state index in [0.29, 0.717) is 18.5 Å². The SMILES string of the molecule is CCn1nc(C)c(Br)c1CC1(O)CC2CCC(C1)N2. The topological polar surface area (TPSA) is 50.1 Å². The molecule has 2 aliphatic heterocycles. The number of hydrogen-bond donors (Lipinski definition) is 2. The highest BCUT2D eigenvalue weighted by molar-refractivity contribution is 9.10. The number of fused-ring (bicyclic) bond motifs is 2. The van der Waals surface area contributed by atoms with Crippen LogP contribution in [0.2, 0.25) is 0 Å². The molecule has 3 heterocycles. The number of rotatable bonds is 3. The van der Waals surface area contributed by atoms with Crippen molar-refractivity contribution in [2.45, 2.75) is 70.2 Å². The summed E-state index contributed by atoms with van der Waals surface area (Å²) in [6.45, 7) is 4.96. The molecule has 2 saturated heterocycles. The van der Waals surface area contributed by atoms with Crippen molar-refractivity contribution in [3.05, 3.63) is 15.9 Å². The van der Waals surface area contributed by atoms with Crippen molar-refractivity contribution in [3.63, 3.8) is 0 Å². The summed E-state index contributed by atoms with van der Waals surface area (Å²) in [6, 6.07) is 1.00. The Hall–Kier alpha value is -0.390. The van der Waals surface area contributed by atoms with Crippen LogP contribution in [0.3, 0.4) is 0 Å². The van der Waals surface area contributed by atoms with E-state index < -0.39 is 5.60 Å². The second-order valence-electron chi connectivity index (χ2n) is 6.11. The minimum atomic E-state index is -0.570. The molecule has 0 radical (unpaired) electrons. The zero-order valence-electron chi connectivity index (χ0n) is 11.6. The van der Waals surface area contributed by atoms with E-state index in [9.17, 15) is 5.11 Å². The first-order valence-electron chi connectivity index (χ1n) is 7.21. The van der Waals surface area contributed by atoms with Gasteiger partial charge in [0.05, 0.1) is 21.5 Å². The lowest BCUT2D eigenvalue weighted by molar-refractivity contribution is -0.00781. The van der Waals surface area contributed by atoms with E-state index in [1.54, 1.807) is 0 Å². The Balaban J connectivity index is 1.84. The van der Waals surface area contributed by atoms with Crippen LogP contribution in [0.4, 0.5) is 0 Å².